The predicted octanol–water partition coefficient (Wildman–Crippen LogP) is 5.61. The average Bonchev–Trinajstić information content (AvgIpc) is 2.44. The molecule has 23 heavy (non-hydrogen) atoms. The number of carbonyl (C=O) groups excluding carboxylic acids is 1. The lowest BCUT2D eigenvalue weighted by Crippen LogP contribution is -2.06. The van der Waals surface area contributed by atoms with Crippen molar-refractivity contribution in [1.29, 1.82) is 0 Å². The fourth-order valence-electron chi connectivity index (χ4n) is 2.14. The normalized spacial score (nSPS) is 11.4. The topological polar surface area (TPSA) is 26.3 Å². The van der Waals surface area contributed by atoms with E-state index in [1.165, 1.54) is 7.11 Å². The zero-order valence-corrected chi connectivity index (χ0v) is 15.0. The van der Waals surface area contributed by atoms with Crippen LogP contribution in [0.4, 0.5) is 13.2 Å². The smallest absolute Gasteiger partial charge is 0.416 e. The third-order valence-corrected chi connectivity index (χ3v) is 3.99. The molecule has 2 rings (SSSR count). The van der Waals surface area contributed by atoms with Crippen molar-refractivity contribution in [2.24, 2.45) is 0 Å². The number of halogens is 5. The van der Waals surface area contributed by atoms with E-state index >= 15 is 0 Å². The third-order valence-electron chi connectivity index (χ3n) is 3.07. The first-order valence-corrected chi connectivity index (χ1v) is 8.02. The van der Waals surface area contributed by atoms with Crippen LogP contribution in [-0.2, 0) is 17.3 Å². The van der Waals surface area contributed by atoms with E-state index in [0.29, 0.717) is 25.6 Å². The summed E-state index contributed by atoms with van der Waals surface area (Å²) >= 11 is 6.39. The van der Waals surface area contributed by atoms with Crippen molar-refractivity contribution in [1.82, 2.24) is 0 Å². The highest BCUT2D eigenvalue weighted by molar-refractivity contribution is 9.10. The maximum absolute atomic E-state index is 12.9. The second-order valence-electron chi connectivity index (χ2n) is 4.86. The number of benzene rings is 2. The largest absolute Gasteiger partial charge is 0.465 e. The van der Waals surface area contributed by atoms with Gasteiger partial charge in [0, 0.05) is 8.95 Å². The molecule has 2 aromatic rings. The highest BCUT2D eigenvalue weighted by atomic mass is 79.9. The predicted molar refractivity (Wildman–Crippen MR) is 87.4 cm³/mol. The van der Waals surface area contributed by atoms with E-state index < -0.39 is 17.7 Å². The molecule has 0 heterocycles. The van der Waals surface area contributed by atoms with Gasteiger partial charge in [0.25, 0.3) is 0 Å². The number of hydrogen-bond acceptors (Lipinski definition) is 2. The monoisotopic (exact) mass is 450 g/mol. The van der Waals surface area contributed by atoms with Crippen LogP contribution in [0.15, 0.2) is 45.3 Å². The van der Waals surface area contributed by atoms with Gasteiger partial charge in [0.2, 0.25) is 0 Å². The Bertz CT molecular complexity index is 743. The van der Waals surface area contributed by atoms with Crippen LogP contribution in [0.1, 0.15) is 27.0 Å². The van der Waals surface area contributed by atoms with Crippen LogP contribution in [-0.4, -0.2) is 13.1 Å². The van der Waals surface area contributed by atoms with E-state index in [1.54, 1.807) is 24.3 Å². The summed E-state index contributed by atoms with van der Waals surface area (Å²) in [5.41, 5.74) is 0.805. The molecule has 0 N–H and O–H groups in total. The molecule has 0 aliphatic carbocycles. The van der Waals surface area contributed by atoms with Gasteiger partial charge in [-0.1, -0.05) is 31.9 Å². The lowest BCUT2D eigenvalue weighted by atomic mass is 10.0. The van der Waals surface area contributed by atoms with Crippen LogP contribution in [0.2, 0.25) is 0 Å². The van der Waals surface area contributed by atoms with Gasteiger partial charge in [0.05, 0.1) is 18.2 Å². The molecule has 0 amide bonds. The van der Waals surface area contributed by atoms with E-state index in [1.807, 2.05) is 0 Å². The summed E-state index contributed by atoms with van der Waals surface area (Å²) in [7, 11) is 1.27. The maximum Gasteiger partial charge on any atom is 0.416 e. The Balaban J connectivity index is 2.38. The van der Waals surface area contributed by atoms with Crippen LogP contribution in [0, 0.1) is 0 Å². The summed E-state index contributed by atoms with van der Waals surface area (Å²) < 4.78 is 44.3. The number of alkyl halides is 3. The Labute approximate surface area is 147 Å². The summed E-state index contributed by atoms with van der Waals surface area (Å²) in [5.74, 6) is -0.502. The first kappa shape index (κ1) is 18.0. The van der Waals surface area contributed by atoms with Crippen molar-refractivity contribution in [3.05, 3.63) is 67.6 Å². The fourth-order valence-corrected chi connectivity index (χ4v) is 3.22. The Morgan fingerprint density at radius 3 is 2.13 bits per heavy atom. The molecule has 0 saturated carbocycles. The van der Waals surface area contributed by atoms with Gasteiger partial charge in [-0.15, -0.1) is 0 Å². The Morgan fingerprint density at radius 2 is 1.57 bits per heavy atom. The van der Waals surface area contributed by atoms with E-state index in [0.717, 1.165) is 12.1 Å². The highest BCUT2D eigenvalue weighted by Gasteiger charge is 2.31. The van der Waals surface area contributed by atoms with Crippen LogP contribution < -0.4 is 0 Å². The second-order valence-corrected chi connectivity index (χ2v) is 6.69. The first-order chi connectivity index (χ1) is 10.7. The number of esters is 1. The Morgan fingerprint density at radius 1 is 1.00 bits per heavy atom. The molecule has 0 saturated heterocycles. The number of rotatable bonds is 3. The lowest BCUT2D eigenvalue weighted by molar-refractivity contribution is -0.137. The van der Waals surface area contributed by atoms with Crippen molar-refractivity contribution in [3.8, 4) is 0 Å². The number of hydrogen-bond donors (Lipinski definition) is 0. The van der Waals surface area contributed by atoms with Crippen molar-refractivity contribution in [3.63, 3.8) is 0 Å². The van der Waals surface area contributed by atoms with E-state index in [2.05, 4.69) is 36.6 Å². The molecule has 0 atom stereocenters. The van der Waals surface area contributed by atoms with Gasteiger partial charge in [0.15, 0.2) is 0 Å². The minimum absolute atomic E-state index is 0.256. The molecular weight excluding hydrogens is 441 g/mol. The van der Waals surface area contributed by atoms with Crippen LogP contribution >= 0.6 is 31.9 Å². The first-order valence-electron chi connectivity index (χ1n) is 6.43. The van der Waals surface area contributed by atoms with E-state index in [-0.39, 0.29) is 6.42 Å². The van der Waals surface area contributed by atoms with Gasteiger partial charge < -0.3 is 4.74 Å². The average molecular weight is 452 g/mol. The Kier molecular flexibility index (Phi) is 5.52. The standard InChI is InChI=1S/C16H11Br2F3O2/c1-23-15(22)11-3-9(5-13(17)7-11)2-10-4-12(16(19,20)21)8-14(18)6-10/h3-8H,2H2,1H3. The van der Waals surface area contributed by atoms with Gasteiger partial charge >= 0.3 is 12.1 Å². The molecule has 0 bridgehead atoms. The molecule has 0 aliphatic heterocycles. The maximum atomic E-state index is 12.9. The molecule has 0 radical (unpaired) electrons. The van der Waals surface area contributed by atoms with Crippen LogP contribution in [0.5, 0.6) is 0 Å². The molecule has 0 unspecified atom stereocenters. The molecule has 0 fully saturated rings. The molecule has 0 aliphatic rings. The molecule has 122 valence electrons. The molecular formula is C16H11Br2F3O2. The minimum Gasteiger partial charge on any atom is -0.465 e. The van der Waals surface area contributed by atoms with Crippen LogP contribution in [0.25, 0.3) is 0 Å². The quantitative estimate of drug-likeness (QED) is 0.567. The SMILES string of the molecule is COC(=O)c1cc(Br)cc(Cc2cc(Br)cc(C(F)(F)F)c2)c1. The zero-order chi connectivity index (χ0) is 17.2. The number of carbonyl (C=O) groups is 1. The minimum atomic E-state index is -4.41. The van der Waals surface area contributed by atoms with Gasteiger partial charge in [-0.25, -0.2) is 4.79 Å². The van der Waals surface area contributed by atoms with Crippen molar-refractivity contribution in [2.75, 3.05) is 7.11 Å². The van der Waals surface area contributed by atoms with Gasteiger partial charge in [-0.3, -0.25) is 0 Å². The molecule has 7 heteroatoms. The zero-order valence-electron chi connectivity index (χ0n) is 11.9. The van der Waals surface area contributed by atoms with Gasteiger partial charge in [0.1, 0.15) is 0 Å². The molecule has 0 spiro atoms. The number of methoxy groups -OCH3 is 1. The van der Waals surface area contributed by atoms with E-state index in [9.17, 15) is 18.0 Å². The second kappa shape index (κ2) is 7.05. The summed E-state index contributed by atoms with van der Waals surface area (Å²) in [6, 6.07) is 8.70. The highest BCUT2D eigenvalue weighted by Crippen LogP contribution is 2.32. The van der Waals surface area contributed by atoms with Crippen molar-refractivity contribution >= 4 is 37.8 Å². The van der Waals surface area contributed by atoms with E-state index in [4.69, 9.17) is 0 Å². The Hall–Kier alpha value is -1.34. The molecule has 2 nitrogen and oxygen atoms in total. The fraction of sp³-hybridized carbons (Fsp3) is 0.188. The lowest BCUT2D eigenvalue weighted by Gasteiger charge is -2.11. The van der Waals surface area contributed by atoms with Gasteiger partial charge in [-0.2, -0.15) is 13.2 Å². The summed E-state index contributed by atoms with van der Waals surface area (Å²) in [6.07, 6.45) is -4.15. The van der Waals surface area contributed by atoms with Crippen molar-refractivity contribution < 1.29 is 22.7 Å². The molecule has 0 aromatic heterocycles. The van der Waals surface area contributed by atoms with Crippen molar-refractivity contribution in [2.45, 2.75) is 12.6 Å². The summed E-state index contributed by atoms with van der Waals surface area (Å²) in [4.78, 5) is 11.6. The molecule has 2 aromatic carbocycles. The summed E-state index contributed by atoms with van der Waals surface area (Å²) in [5, 5.41) is 0. The summed E-state index contributed by atoms with van der Waals surface area (Å²) in [6.45, 7) is 0. The third kappa shape index (κ3) is 4.81. The number of ether oxygens (including phenoxy) is 1. The van der Waals surface area contributed by atoms with Crippen LogP contribution in [0.3, 0.4) is 0 Å². The van der Waals surface area contributed by atoms with Gasteiger partial charge in [-0.05, 0) is 53.9 Å².